The van der Waals surface area contributed by atoms with E-state index in [2.05, 4.69) is 11.4 Å². The van der Waals surface area contributed by atoms with Gasteiger partial charge < -0.3 is 11.1 Å². The van der Waals surface area contributed by atoms with Crippen LogP contribution in [0.15, 0.2) is 0 Å². The first-order valence-electron chi connectivity index (χ1n) is 5.73. The van der Waals surface area contributed by atoms with Crippen molar-refractivity contribution in [3.8, 4) is 6.07 Å². The number of carbonyl (C=O) groups excluding carboxylic acids is 1. The summed E-state index contributed by atoms with van der Waals surface area (Å²) in [5.74, 6) is 0.267. The summed E-state index contributed by atoms with van der Waals surface area (Å²) in [6, 6.07) is 2.42. The van der Waals surface area contributed by atoms with Gasteiger partial charge in [-0.1, -0.05) is 0 Å². The summed E-state index contributed by atoms with van der Waals surface area (Å²) in [6.45, 7) is 3.72. The van der Waals surface area contributed by atoms with Crippen molar-refractivity contribution >= 4 is 5.91 Å². The van der Waals surface area contributed by atoms with E-state index < -0.39 is 5.54 Å². The molecule has 16 heavy (non-hydrogen) atoms. The molecule has 1 amide bonds. The van der Waals surface area contributed by atoms with Crippen LogP contribution in [0.2, 0.25) is 0 Å². The zero-order valence-corrected chi connectivity index (χ0v) is 9.57. The van der Waals surface area contributed by atoms with Crippen molar-refractivity contribution < 1.29 is 4.79 Å². The molecule has 0 bridgehead atoms. The fourth-order valence-corrected chi connectivity index (χ4v) is 2.15. The van der Waals surface area contributed by atoms with Crippen molar-refractivity contribution in [1.82, 2.24) is 10.2 Å². The van der Waals surface area contributed by atoms with Gasteiger partial charge in [-0.2, -0.15) is 5.26 Å². The zero-order valence-electron chi connectivity index (χ0n) is 9.57. The first-order valence-corrected chi connectivity index (χ1v) is 5.73. The Kier molecular flexibility index (Phi) is 2.87. The van der Waals surface area contributed by atoms with E-state index in [9.17, 15) is 4.79 Å². The molecular weight excluding hydrogens is 204 g/mol. The number of carbonyl (C=O) groups is 1. The molecule has 1 heterocycles. The molecule has 88 valence electrons. The number of nitrogens with zero attached hydrogens (tertiary/aromatic N) is 2. The SMILES string of the molecule is CC(C#N)(NC(=O)CN1CC(N)C1)C1CC1. The van der Waals surface area contributed by atoms with Gasteiger partial charge in [0, 0.05) is 19.1 Å². The molecule has 5 heteroatoms. The second kappa shape index (κ2) is 4.04. The third kappa shape index (κ3) is 2.34. The average Bonchev–Trinajstić information content (AvgIpc) is 2.98. The molecule has 2 aliphatic rings. The predicted molar refractivity (Wildman–Crippen MR) is 59.3 cm³/mol. The van der Waals surface area contributed by atoms with Gasteiger partial charge in [0.05, 0.1) is 12.6 Å². The monoisotopic (exact) mass is 222 g/mol. The Balaban J connectivity index is 1.80. The third-order valence-electron chi connectivity index (χ3n) is 3.38. The molecule has 0 aromatic rings. The Morgan fingerprint density at radius 2 is 2.25 bits per heavy atom. The number of rotatable bonds is 4. The van der Waals surface area contributed by atoms with Crippen LogP contribution in [0.25, 0.3) is 0 Å². The van der Waals surface area contributed by atoms with E-state index in [1.807, 2.05) is 11.8 Å². The largest absolute Gasteiger partial charge is 0.337 e. The van der Waals surface area contributed by atoms with Gasteiger partial charge in [-0.05, 0) is 25.7 Å². The van der Waals surface area contributed by atoms with Crippen molar-refractivity contribution in [2.75, 3.05) is 19.6 Å². The quantitative estimate of drug-likeness (QED) is 0.668. The number of nitriles is 1. The first-order chi connectivity index (χ1) is 7.53. The number of nitrogens with two attached hydrogens (primary N) is 1. The van der Waals surface area contributed by atoms with E-state index in [1.54, 1.807) is 0 Å². The molecule has 0 aromatic carbocycles. The molecule has 0 radical (unpaired) electrons. The highest BCUT2D eigenvalue weighted by molar-refractivity contribution is 5.79. The maximum atomic E-state index is 11.7. The molecule has 1 saturated heterocycles. The summed E-state index contributed by atoms with van der Waals surface area (Å²) in [6.07, 6.45) is 2.08. The third-order valence-corrected chi connectivity index (χ3v) is 3.38. The molecule has 0 aromatic heterocycles. The summed E-state index contributed by atoms with van der Waals surface area (Å²) in [5.41, 5.74) is 4.95. The van der Waals surface area contributed by atoms with E-state index in [1.165, 1.54) is 0 Å². The topological polar surface area (TPSA) is 82.2 Å². The molecule has 2 fully saturated rings. The maximum absolute atomic E-state index is 11.7. The van der Waals surface area contributed by atoms with Crippen molar-refractivity contribution in [2.24, 2.45) is 11.7 Å². The van der Waals surface area contributed by atoms with E-state index in [4.69, 9.17) is 11.0 Å². The van der Waals surface area contributed by atoms with E-state index in [-0.39, 0.29) is 11.9 Å². The van der Waals surface area contributed by atoms with Crippen LogP contribution in [0.1, 0.15) is 19.8 Å². The number of amides is 1. The van der Waals surface area contributed by atoms with Crippen LogP contribution in [0.3, 0.4) is 0 Å². The minimum absolute atomic E-state index is 0.0668. The lowest BCUT2D eigenvalue weighted by atomic mass is 9.98. The Hall–Kier alpha value is -1.12. The van der Waals surface area contributed by atoms with Crippen LogP contribution in [-0.4, -0.2) is 42.0 Å². The Labute approximate surface area is 95.6 Å². The lowest BCUT2D eigenvalue weighted by molar-refractivity contribution is -0.124. The van der Waals surface area contributed by atoms with Crippen molar-refractivity contribution in [3.05, 3.63) is 0 Å². The minimum atomic E-state index is -0.677. The van der Waals surface area contributed by atoms with E-state index >= 15 is 0 Å². The van der Waals surface area contributed by atoms with Crippen molar-refractivity contribution in [2.45, 2.75) is 31.3 Å². The molecular formula is C11H18N4O. The molecule has 3 N–H and O–H groups in total. The van der Waals surface area contributed by atoms with Crippen molar-refractivity contribution in [1.29, 1.82) is 5.26 Å². The van der Waals surface area contributed by atoms with Crippen molar-refractivity contribution in [3.63, 3.8) is 0 Å². The number of hydrogen-bond acceptors (Lipinski definition) is 4. The number of hydrogen-bond donors (Lipinski definition) is 2. The lowest BCUT2D eigenvalue weighted by Crippen LogP contribution is -2.59. The van der Waals surface area contributed by atoms with Crippen LogP contribution in [0.4, 0.5) is 0 Å². The van der Waals surface area contributed by atoms with E-state index in [0.29, 0.717) is 12.5 Å². The highest BCUT2D eigenvalue weighted by Gasteiger charge is 2.43. The highest BCUT2D eigenvalue weighted by atomic mass is 16.2. The Morgan fingerprint density at radius 3 is 2.69 bits per heavy atom. The molecule has 1 aliphatic heterocycles. The minimum Gasteiger partial charge on any atom is -0.337 e. The van der Waals surface area contributed by atoms with Gasteiger partial charge in [0.1, 0.15) is 5.54 Å². The Morgan fingerprint density at radius 1 is 1.62 bits per heavy atom. The summed E-state index contributed by atoms with van der Waals surface area (Å²) in [5, 5.41) is 11.9. The molecule has 5 nitrogen and oxygen atoms in total. The summed E-state index contributed by atoms with van der Waals surface area (Å²) in [7, 11) is 0. The smallest absolute Gasteiger partial charge is 0.235 e. The molecule has 1 unspecified atom stereocenters. The molecule has 2 rings (SSSR count). The van der Waals surface area contributed by atoms with E-state index in [0.717, 1.165) is 25.9 Å². The van der Waals surface area contributed by atoms with Gasteiger partial charge in [-0.15, -0.1) is 0 Å². The van der Waals surface area contributed by atoms with Gasteiger partial charge in [-0.25, -0.2) is 0 Å². The van der Waals surface area contributed by atoms with Crippen LogP contribution in [-0.2, 0) is 4.79 Å². The fraction of sp³-hybridized carbons (Fsp3) is 0.818. The summed E-state index contributed by atoms with van der Waals surface area (Å²) >= 11 is 0. The van der Waals surface area contributed by atoms with Crippen LogP contribution < -0.4 is 11.1 Å². The molecule has 1 atom stereocenters. The van der Waals surface area contributed by atoms with Crippen LogP contribution in [0.5, 0.6) is 0 Å². The number of likely N-dealkylation sites (tertiary alicyclic amines) is 1. The highest BCUT2D eigenvalue weighted by Crippen LogP contribution is 2.39. The standard InChI is InChI=1S/C11H18N4O/c1-11(7-12,8-2-3-8)14-10(16)6-15-4-9(13)5-15/h8-9H,2-6,13H2,1H3,(H,14,16). The van der Waals surface area contributed by atoms with Gasteiger partial charge in [0.25, 0.3) is 0 Å². The second-order valence-electron chi connectivity index (χ2n) is 5.09. The second-order valence-corrected chi connectivity index (χ2v) is 5.09. The summed E-state index contributed by atoms with van der Waals surface area (Å²) in [4.78, 5) is 13.7. The van der Waals surface area contributed by atoms with Gasteiger partial charge in [0.15, 0.2) is 0 Å². The maximum Gasteiger partial charge on any atom is 0.235 e. The van der Waals surface area contributed by atoms with Crippen LogP contribution in [0, 0.1) is 17.2 Å². The summed E-state index contributed by atoms with van der Waals surface area (Å²) < 4.78 is 0. The first kappa shape index (κ1) is 11.4. The number of nitrogens with one attached hydrogen (secondary N) is 1. The normalized spacial score (nSPS) is 25.3. The predicted octanol–water partition coefficient (Wildman–Crippen LogP) is -0.562. The average molecular weight is 222 g/mol. The molecule has 1 aliphatic carbocycles. The zero-order chi connectivity index (χ0) is 11.8. The molecule has 1 saturated carbocycles. The van der Waals surface area contributed by atoms with Gasteiger partial charge in [0.2, 0.25) is 5.91 Å². The van der Waals surface area contributed by atoms with Gasteiger partial charge >= 0.3 is 0 Å². The lowest BCUT2D eigenvalue weighted by Gasteiger charge is -2.36. The molecule has 0 spiro atoms. The van der Waals surface area contributed by atoms with Crippen LogP contribution >= 0.6 is 0 Å². The fourth-order valence-electron chi connectivity index (χ4n) is 2.15. The Bertz CT molecular complexity index is 327. The van der Waals surface area contributed by atoms with Gasteiger partial charge in [-0.3, -0.25) is 9.69 Å².